The van der Waals surface area contributed by atoms with E-state index in [1.807, 2.05) is 0 Å². The highest BCUT2D eigenvalue weighted by molar-refractivity contribution is 7.89. The fourth-order valence-electron chi connectivity index (χ4n) is 1.34. The Kier molecular flexibility index (Phi) is 6.55. The summed E-state index contributed by atoms with van der Waals surface area (Å²) in [6.07, 6.45) is 0. The molecule has 0 atom stereocenters. The van der Waals surface area contributed by atoms with Crippen LogP contribution < -0.4 is 15.2 Å². The largest absolute Gasteiger partial charge is 0.490 e. The zero-order chi connectivity index (χ0) is 15.6. The smallest absolute Gasteiger partial charge is 0.312 e. The second kappa shape index (κ2) is 7.03. The number of nitrogens with two attached hydrogens (primary N) is 1. The van der Waals surface area contributed by atoms with Crippen LogP contribution in [0.3, 0.4) is 0 Å². The van der Waals surface area contributed by atoms with Crippen molar-refractivity contribution in [2.45, 2.75) is 24.3 Å². The fraction of sp³-hybridized carbons (Fsp3) is 0.455. The summed E-state index contributed by atoms with van der Waals surface area (Å²) in [6, 6.07) is 3.42. The second-order valence-corrected chi connectivity index (χ2v) is 6.67. The number of nitro benzene ring substituents is 1. The number of rotatable bonds is 6. The maximum atomic E-state index is 12.0. The van der Waals surface area contributed by atoms with Gasteiger partial charge in [0.2, 0.25) is 10.0 Å². The summed E-state index contributed by atoms with van der Waals surface area (Å²) in [5, 5.41) is 10.9. The van der Waals surface area contributed by atoms with Gasteiger partial charge in [-0.3, -0.25) is 10.1 Å². The first-order valence-electron chi connectivity index (χ1n) is 5.68. The molecule has 0 aliphatic rings. The van der Waals surface area contributed by atoms with Crippen molar-refractivity contribution in [2.24, 2.45) is 5.73 Å². The topological polar surface area (TPSA) is 125 Å². The lowest BCUT2D eigenvalue weighted by Gasteiger charge is -2.18. The summed E-state index contributed by atoms with van der Waals surface area (Å²) >= 11 is 0. The lowest BCUT2D eigenvalue weighted by atomic mass is 10.1. The lowest BCUT2D eigenvalue weighted by Crippen LogP contribution is -2.45. The first-order valence-corrected chi connectivity index (χ1v) is 7.16. The van der Waals surface area contributed by atoms with Crippen LogP contribution in [-0.2, 0) is 10.0 Å². The number of nitrogens with zero attached hydrogens (tertiary/aromatic N) is 1. The van der Waals surface area contributed by atoms with Crippen LogP contribution in [0, 0.1) is 10.1 Å². The average Bonchev–Trinajstić information content (AvgIpc) is 2.35. The Labute approximate surface area is 129 Å². The number of hydrogen-bond acceptors (Lipinski definition) is 6. The molecule has 0 saturated carbocycles. The van der Waals surface area contributed by atoms with Gasteiger partial charge in [0.15, 0.2) is 5.75 Å². The van der Waals surface area contributed by atoms with Crippen molar-refractivity contribution in [2.75, 3.05) is 13.7 Å². The molecule has 8 nitrogen and oxygen atoms in total. The third kappa shape index (κ3) is 5.46. The fourth-order valence-corrected chi connectivity index (χ4v) is 2.59. The van der Waals surface area contributed by atoms with Crippen molar-refractivity contribution in [3.8, 4) is 5.75 Å². The Balaban J connectivity index is 0.00000400. The minimum Gasteiger partial charge on any atom is -0.490 e. The zero-order valence-electron chi connectivity index (χ0n) is 11.8. The highest BCUT2D eigenvalue weighted by Crippen LogP contribution is 2.29. The molecule has 0 amide bonds. The van der Waals surface area contributed by atoms with Gasteiger partial charge in [0.05, 0.1) is 16.9 Å². The van der Waals surface area contributed by atoms with E-state index in [1.54, 1.807) is 13.8 Å². The molecule has 120 valence electrons. The number of sulfonamides is 1. The Hall–Kier alpha value is -1.42. The number of halogens is 1. The number of ether oxygens (including phenoxy) is 1. The molecular formula is C11H18ClN3O5S. The molecule has 0 aliphatic heterocycles. The van der Waals surface area contributed by atoms with Gasteiger partial charge < -0.3 is 10.5 Å². The Morgan fingerprint density at radius 3 is 2.43 bits per heavy atom. The first-order chi connectivity index (χ1) is 9.07. The van der Waals surface area contributed by atoms with Crippen LogP contribution in [0.2, 0.25) is 0 Å². The Bertz CT molecular complexity index is 613. The summed E-state index contributed by atoms with van der Waals surface area (Å²) in [4.78, 5) is 9.95. The third-order valence-electron chi connectivity index (χ3n) is 2.38. The van der Waals surface area contributed by atoms with Crippen LogP contribution in [0.15, 0.2) is 23.1 Å². The van der Waals surface area contributed by atoms with E-state index in [-0.39, 0.29) is 29.6 Å². The van der Waals surface area contributed by atoms with E-state index in [2.05, 4.69) is 4.72 Å². The van der Waals surface area contributed by atoms with Crippen LogP contribution >= 0.6 is 12.4 Å². The van der Waals surface area contributed by atoms with E-state index in [9.17, 15) is 18.5 Å². The first kappa shape index (κ1) is 19.6. The Morgan fingerprint density at radius 2 is 2.00 bits per heavy atom. The van der Waals surface area contributed by atoms with Gasteiger partial charge in [-0.25, -0.2) is 13.1 Å². The van der Waals surface area contributed by atoms with Gasteiger partial charge >= 0.3 is 5.69 Å². The molecule has 0 spiro atoms. The lowest BCUT2D eigenvalue weighted by molar-refractivity contribution is -0.386. The second-order valence-electron chi connectivity index (χ2n) is 4.90. The molecule has 1 rings (SSSR count). The van der Waals surface area contributed by atoms with E-state index < -0.39 is 26.2 Å². The monoisotopic (exact) mass is 339 g/mol. The SMILES string of the molecule is COc1ccc(S(=O)(=O)NCC(C)(C)N)cc1[N+](=O)[O-].Cl. The molecule has 1 aromatic rings. The van der Waals surface area contributed by atoms with Gasteiger partial charge in [-0.2, -0.15) is 0 Å². The molecule has 0 saturated heterocycles. The summed E-state index contributed by atoms with van der Waals surface area (Å²) in [7, 11) is -2.59. The maximum Gasteiger partial charge on any atom is 0.312 e. The molecule has 0 aliphatic carbocycles. The van der Waals surface area contributed by atoms with Crippen LogP contribution in [-0.4, -0.2) is 32.5 Å². The number of nitro groups is 1. The molecule has 0 radical (unpaired) electrons. The number of benzene rings is 1. The van der Waals surface area contributed by atoms with Gasteiger partial charge in [-0.15, -0.1) is 12.4 Å². The van der Waals surface area contributed by atoms with Gasteiger partial charge in [-0.1, -0.05) is 0 Å². The summed E-state index contributed by atoms with van der Waals surface area (Å²) in [5.74, 6) is -0.00638. The molecule has 1 aromatic carbocycles. The van der Waals surface area contributed by atoms with Gasteiger partial charge in [-0.05, 0) is 26.0 Å². The van der Waals surface area contributed by atoms with Crippen molar-refractivity contribution >= 4 is 28.1 Å². The van der Waals surface area contributed by atoms with Crippen molar-refractivity contribution in [1.29, 1.82) is 0 Å². The standard InChI is InChI=1S/C11H17N3O5S.ClH/c1-11(2,12)7-13-20(17,18)8-4-5-10(19-3)9(6-8)14(15)16;/h4-6,13H,7,12H2,1-3H3;1H. The minimum atomic E-state index is -3.86. The van der Waals surface area contributed by atoms with E-state index in [1.165, 1.54) is 19.2 Å². The summed E-state index contributed by atoms with van der Waals surface area (Å²) in [5.41, 5.74) is 4.54. The zero-order valence-corrected chi connectivity index (χ0v) is 13.5. The van der Waals surface area contributed by atoms with Crippen LogP contribution in [0.4, 0.5) is 5.69 Å². The number of nitrogens with one attached hydrogen (secondary N) is 1. The van der Waals surface area contributed by atoms with Gasteiger partial charge in [0.25, 0.3) is 0 Å². The van der Waals surface area contributed by atoms with Gasteiger partial charge in [0, 0.05) is 18.2 Å². The number of methoxy groups -OCH3 is 1. The molecule has 3 N–H and O–H groups in total. The predicted molar refractivity (Wildman–Crippen MR) is 80.4 cm³/mol. The van der Waals surface area contributed by atoms with Crippen molar-refractivity contribution < 1.29 is 18.1 Å². The molecule has 21 heavy (non-hydrogen) atoms. The molecule has 0 unspecified atom stereocenters. The highest BCUT2D eigenvalue weighted by atomic mass is 35.5. The van der Waals surface area contributed by atoms with E-state index in [0.717, 1.165) is 6.07 Å². The van der Waals surface area contributed by atoms with Crippen LogP contribution in [0.1, 0.15) is 13.8 Å². The van der Waals surface area contributed by atoms with E-state index in [0.29, 0.717) is 0 Å². The van der Waals surface area contributed by atoms with Crippen molar-refractivity contribution in [3.63, 3.8) is 0 Å². The van der Waals surface area contributed by atoms with Crippen molar-refractivity contribution in [1.82, 2.24) is 4.72 Å². The van der Waals surface area contributed by atoms with Crippen LogP contribution in [0.25, 0.3) is 0 Å². The van der Waals surface area contributed by atoms with Gasteiger partial charge in [0.1, 0.15) is 0 Å². The maximum absolute atomic E-state index is 12.0. The molecule has 10 heteroatoms. The number of hydrogen-bond donors (Lipinski definition) is 2. The quantitative estimate of drug-likeness (QED) is 0.589. The molecule has 0 aromatic heterocycles. The third-order valence-corrected chi connectivity index (χ3v) is 3.77. The minimum absolute atomic E-state index is 0. The van der Waals surface area contributed by atoms with Crippen LogP contribution in [0.5, 0.6) is 5.75 Å². The Morgan fingerprint density at radius 1 is 1.43 bits per heavy atom. The summed E-state index contributed by atoms with van der Waals surface area (Å²) in [6.45, 7) is 3.33. The molecule has 0 fully saturated rings. The molecular weight excluding hydrogens is 322 g/mol. The van der Waals surface area contributed by atoms with Crippen molar-refractivity contribution in [3.05, 3.63) is 28.3 Å². The average molecular weight is 340 g/mol. The normalized spacial score (nSPS) is 11.6. The molecule has 0 heterocycles. The summed E-state index contributed by atoms with van der Waals surface area (Å²) < 4.78 is 31.2. The van der Waals surface area contributed by atoms with E-state index >= 15 is 0 Å². The van der Waals surface area contributed by atoms with E-state index in [4.69, 9.17) is 10.5 Å². The highest BCUT2D eigenvalue weighted by Gasteiger charge is 2.23. The molecule has 0 bridgehead atoms. The predicted octanol–water partition coefficient (Wildman–Crippen LogP) is 1.04.